The molecule has 8 nitrogen and oxygen atoms in total. The molecule has 1 aliphatic carbocycles. The highest BCUT2D eigenvalue weighted by molar-refractivity contribution is 8.01. The van der Waals surface area contributed by atoms with Crippen molar-refractivity contribution < 1.29 is 14.4 Å². The summed E-state index contributed by atoms with van der Waals surface area (Å²) in [4.78, 5) is 37.2. The van der Waals surface area contributed by atoms with Crippen LogP contribution in [-0.2, 0) is 9.59 Å². The first kappa shape index (κ1) is 19.6. The van der Waals surface area contributed by atoms with Crippen LogP contribution in [0.3, 0.4) is 0 Å². The van der Waals surface area contributed by atoms with Crippen molar-refractivity contribution in [1.82, 2.24) is 20.8 Å². The van der Waals surface area contributed by atoms with Crippen LogP contribution in [0.15, 0.2) is 4.34 Å². The van der Waals surface area contributed by atoms with Gasteiger partial charge in [0.1, 0.15) is 0 Å². The van der Waals surface area contributed by atoms with Gasteiger partial charge in [0, 0.05) is 18.5 Å². The standard InChI is InChI=1S/C15H23N5O3S2/c1-4-9(3)16-13(23)17-11(21)8-24-15-19-18-14(25-15)20(10-6-7-10)12(22)5-2/h9-10H,4-8H2,1-3H3,(H2,16,17,21,23)/t9-/m0/s1. The molecule has 138 valence electrons. The van der Waals surface area contributed by atoms with Gasteiger partial charge >= 0.3 is 6.03 Å². The van der Waals surface area contributed by atoms with Crippen LogP contribution < -0.4 is 15.5 Å². The van der Waals surface area contributed by atoms with Gasteiger partial charge in [-0.25, -0.2) is 4.79 Å². The SMILES string of the molecule is CCC(=O)N(c1nnc(SCC(=O)NC(=O)N[C@@H](C)CC)s1)C1CC1. The molecule has 4 amide bonds. The van der Waals surface area contributed by atoms with Gasteiger partial charge in [0.15, 0.2) is 4.34 Å². The third-order valence-corrected chi connectivity index (χ3v) is 5.71. The second kappa shape index (κ2) is 9.14. The predicted octanol–water partition coefficient (Wildman–Crippen LogP) is 2.16. The molecule has 0 spiro atoms. The monoisotopic (exact) mass is 385 g/mol. The normalized spacial score (nSPS) is 14.7. The number of urea groups is 1. The van der Waals surface area contributed by atoms with Crippen LogP contribution in [0.25, 0.3) is 0 Å². The van der Waals surface area contributed by atoms with E-state index in [1.54, 1.807) is 4.90 Å². The molecular formula is C15H23N5O3S2. The average molecular weight is 386 g/mol. The van der Waals surface area contributed by atoms with E-state index < -0.39 is 11.9 Å². The van der Waals surface area contributed by atoms with Gasteiger partial charge < -0.3 is 5.32 Å². The van der Waals surface area contributed by atoms with E-state index in [0.29, 0.717) is 15.9 Å². The number of amides is 4. The molecule has 0 saturated heterocycles. The van der Waals surface area contributed by atoms with Crippen molar-refractivity contribution in [3.63, 3.8) is 0 Å². The number of nitrogens with zero attached hydrogens (tertiary/aromatic N) is 3. The number of hydrogen-bond acceptors (Lipinski definition) is 7. The summed E-state index contributed by atoms with van der Waals surface area (Å²) in [5.74, 6) is -0.297. The first-order valence-corrected chi connectivity index (χ1v) is 10.1. The Morgan fingerprint density at radius 3 is 2.64 bits per heavy atom. The molecule has 2 rings (SSSR count). The zero-order valence-corrected chi connectivity index (χ0v) is 16.2. The van der Waals surface area contributed by atoms with E-state index >= 15 is 0 Å². The summed E-state index contributed by atoms with van der Waals surface area (Å²) in [5, 5.41) is 13.6. The fourth-order valence-corrected chi connectivity index (χ4v) is 3.71. The van der Waals surface area contributed by atoms with E-state index in [4.69, 9.17) is 0 Å². The Balaban J connectivity index is 1.83. The lowest BCUT2D eigenvalue weighted by atomic mass is 10.3. The maximum Gasteiger partial charge on any atom is 0.321 e. The largest absolute Gasteiger partial charge is 0.335 e. The van der Waals surface area contributed by atoms with Gasteiger partial charge in [0.2, 0.25) is 16.9 Å². The molecule has 0 unspecified atom stereocenters. The minimum absolute atomic E-state index is 0.00989. The molecular weight excluding hydrogens is 362 g/mol. The van der Waals surface area contributed by atoms with E-state index in [1.807, 2.05) is 20.8 Å². The van der Waals surface area contributed by atoms with Crippen LogP contribution in [0.1, 0.15) is 46.5 Å². The second-order valence-electron chi connectivity index (χ2n) is 5.82. The predicted molar refractivity (Wildman–Crippen MR) is 97.9 cm³/mol. The van der Waals surface area contributed by atoms with Crippen molar-refractivity contribution in [2.45, 2.75) is 62.9 Å². The van der Waals surface area contributed by atoms with Gasteiger partial charge in [0.25, 0.3) is 0 Å². The molecule has 0 radical (unpaired) electrons. The Kier molecular flexibility index (Phi) is 7.18. The third-order valence-electron chi connectivity index (χ3n) is 3.65. The number of thioether (sulfide) groups is 1. The quantitative estimate of drug-likeness (QED) is 0.525. The molecule has 2 N–H and O–H groups in total. The summed E-state index contributed by atoms with van der Waals surface area (Å²) in [5.41, 5.74) is 0. The zero-order chi connectivity index (χ0) is 18.4. The summed E-state index contributed by atoms with van der Waals surface area (Å²) in [6.45, 7) is 5.64. The molecule has 0 bridgehead atoms. The molecule has 1 saturated carbocycles. The molecule has 0 aromatic carbocycles. The number of imide groups is 1. The summed E-state index contributed by atoms with van der Waals surface area (Å²) >= 11 is 2.49. The van der Waals surface area contributed by atoms with Crippen molar-refractivity contribution in [1.29, 1.82) is 0 Å². The minimum Gasteiger partial charge on any atom is -0.335 e. The lowest BCUT2D eigenvalue weighted by Gasteiger charge is -2.17. The lowest BCUT2D eigenvalue weighted by Crippen LogP contribution is -2.43. The molecule has 1 aromatic rings. The number of nitrogens with one attached hydrogen (secondary N) is 2. The highest BCUT2D eigenvalue weighted by Gasteiger charge is 2.35. The Labute approximate surface area is 155 Å². The molecule has 1 heterocycles. The zero-order valence-electron chi connectivity index (χ0n) is 14.6. The number of carbonyl (C=O) groups excluding carboxylic acids is 3. The Morgan fingerprint density at radius 2 is 2.04 bits per heavy atom. The summed E-state index contributed by atoms with van der Waals surface area (Å²) < 4.78 is 0.599. The first-order valence-electron chi connectivity index (χ1n) is 8.33. The van der Waals surface area contributed by atoms with E-state index in [9.17, 15) is 14.4 Å². The first-order chi connectivity index (χ1) is 11.9. The van der Waals surface area contributed by atoms with Crippen LogP contribution in [-0.4, -0.2) is 45.9 Å². The maximum absolute atomic E-state index is 12.1. The molecule has 1 fully saturated rings. The van der Waals surface area contributed by atoms with Crippen molar-refractivity contribution in [3.8, 4) is 0 Å². The fourth-order valence-electron chi connectivity index (χ4n) is 1.98. The van der Waals surface area contributed by atoms with Crippen LogP contribution in [0.2, 0.25) is 0 Å². The van der Waals surface area contributed by atoms with Crippen molar-refractivity contribution in [2.24, 2.45) is 0 Å². The molecule has 10 heteroatoms. The van der Waals surface area contributed by atoms with Crippen molar-refractivity contribution in [2.75, 3.05) is 10.7 Å². The van der Waals surface area contributed by atoms with Gasteiger partial charge in [-0.15, -0.1) is 10.2 Å². The number of rotatable bonds is 8. The molecule has 1 atom stereocenters. The Bertz CT molecular complexity index is 632. The summed E-state index contributed by atoms with van der Waals surface area (Å²) in [7, 11) is 0. The summed E-state index contributed by atoms with van der Waals surface area (Å²) in [6.07, 6.45) is 3.19. The minimum atomic E-state index is -0.494. The molecule has 25 heavy (non-hydrogen) atoms. The van der Waals surface area contributed by atoms with E-state index in [-0.39, 0.29) is 23.7 Å². The highest BCUT2D eigenvalue weighted by Crippen LogP contribution is 2.36. The van der Waals surface area contributed by atoms with Crippen LogP contribution >= 0.6 is 23.1 Å². The number of anilines is 1. The topological polar surface area (TPSA) is 104 Å². The van der Waals surface area contributed by atoms with Gasteiger partial charge in [0.05, 0.1) is 5.75 Å². The van der Waals surface area contributed by atoms with E-state index in [0.717, 1.165) is 19.3 Å². The fraction of sp³-hybridized carbons (Fsp3) is 0.667. The van der Waals surface area contributed by atoms with E-state index in [1.165, 1.54) is 23.1 Å². The van der Waals surface area contributed by atoms with Crippen LogP contribution in [0, 0.1) is 0 Å². The maximum atomic E-state index is 12.1. The Hall–Kier alpha value is -1.68. The molecule has 1 aliphatic rings. The Morgan fingerprint density at radius 1 is 1.32 bits per heavy atom. The van der Waals surface area contributed by atoms with Crippen molar-refractivity contribution >= 4 is 46.1 Å². The van der Waals surface area contributed by atoms with Crippen LogP contribution in [0.5, 0.6) is 0 Å². The number of aromatic nitrogens is 2. The van der Waals surface area contributed by atoms with Gasteiger partial charge in [-0.3, -0.25) is 19.8 Å². The molecule has 1 aromatic heterocycles. The van der Waals surface area contributed by atoms with Crippen molar-refractivity contribution in [3.05, 3.63) is 0 Å². The average Bonchev–Trinajstić information content (AvgIpc) is 3.30. The van der Waals surface area contributed by atoms with Gasteiger partial charge in [-0.2, -0.15) is 0 Å². The smallest absolute Gasteiger partial charge is 0.321 e. The highest BCUT2D eigenvalue weighted by atomic mass is 32.2. The lowest BCUT2D eigenvalue weighted by molar-refractivity contribution is -0.118. The summed E-state index contributed by atoms with van der Waals surface area (Å²) in [6, 6.07) is -0.257. The number of carbonyl (C=O) groups is 3. The van der Waals surface area contributed by atoms with Gasteiger partial charge in [-0.1, -0.05) is 36.9 Å². The van der Waals surface area contributed by atoms with Crippen LogP contribution in [0.4, 0.5) is 9.93 Å². The second-order valence-corrected chi connectivity index (χ2v) is 8.00. The van der Waals surface area contributed by atoms with Gasteiger partial charge in [-0.05, 0) is 26.2 Å². The molecule has 0 aliphatic heterocycles. The number of hydrogen-bond donors (Lipinski definition) is 2. The van der Waals surface area contributed by atoms with E-state index in [2.05, 4.69) is 20.8 Å². The third kappa shape index (κ3) is 5.96.